The molecule has 3 aliphatic heterocycles. The fourth-order valence-corrected chi connectivity index (χ4v) is 4.12. The van der Waals surface area contributed by atoms with E-state index < -0.39 is 23.8 Å². The first-order chi connectivity index (χ1) is 12.0. The summed E-state index contributed by atoms with van der Waals surface area (Å²) in [6.45, 7) is 3.48. The number of rotatable bonds is 3. The molecule has 0 unspecified atom stereocenters. The first-order valence-corrected chi connectivity index (χ1v) is 8.50. The number of hydrogen-bond donors (Lipinski definition) is 1. The summed E-state index contributed by atoms with van der Waals surface area (Å²) in [7, 11) is 0. The molecule has 0 aliphatic carbocycles. The van der Waals surface area contributed by atoms with Crippen LogP contribution in [0.2, 0.25) is 0 Å². The Bertz CT molecular complexity index is 706. The molecule has 0 spiro atoms. The average Bonchev–Trinajstić information content (AvgIpc) is 3.15. The molecular formula is C18H21F2N3O2. The molecule has 0 radical (unpaired) electrons. The molecule has 1 saturated heterocycles. The van der Waals surface area contributed by atoms with E-state index in [1.807, 2.05) is 0 Å². The number of carbonyl (C=O) groups is 1. The fourth-order valence-electron chi connectivity index (χ4n) is 4.12. The molecule has 2 N–H and O–H groups in total. The summed E-state index contributed by atoms with van der Waals surface area (Å²) in [6.07, 6.45) is 0.929. The molecule has 4 rings (SSSR count). The fraction of sp³-hybridized carbons (Fsp3) is 0.500. The van der Waals surface area contributed by atoms with Crippen LogP contribution in [0.4, 0.5) is 8.78 Å². The highest BCUT2D eigenvalue weighted by Crippen LogP contribution is 2.34. The van der Waals surface area contributed by atoms with Gasteiger partial charge in [0, 0.05) is 43.8 Å². The van der Waals surface area contributed by atoms with E-state index >= 15 is 0 Å². The van der Waals surface area contributed by atoms with Gasteiger partial charge >= 0.3 is 0 Å². The maximum Gasteiger partial charge on any atom is 0.210 e. The molecule has 1 aromatic carbocycles. The van der Waals surface area contributed by atoms with Gasteiger partial charge in [-0.2, -0.15) is 0 Å². The van der Waals surface area contributed by atoms with Gasteiger partial charge < -0.3 is 15.4 Å². The summed E-state index contributed by atoms with van der Waals surface area (Å²) in [4.78, 5) is 15.0. The van der Waals surface area contributed by atoms with Crippen molar-refractivity contribution in [3.63, 3.8) is 0 Å². The third-order valence-electron chi connectivity index (χ3n) is 5.41. The van der Waals surface area contributed by atoms with Crippen molar-refractivity contribution >= 4 is 6.41 Å². The summed E-state index contributed by atoms with van der Waals surface area (Å²) in [5.74, 6) is -0.981. The van der Waals surface area contributed by atoms with E-state index in [-0.39, 0.29) is 11.6 Å². The normalized spacial score (nSPS) is 30.0. The van der Waals surface area contributed by atoms with Crippen LogP contribution in [0.5, 0.6) is 0 Å². The molecule has 0 aromatic heterocycles. The molecule has 5 nitrogen and oxygen atoms in total. The van der Waals surface area contributed by atoms with Crippen molar-refractivity contribution in [1.82, 2.24) is 9.80 Å². The molecule has 3 atom stereocenters. The van der Waals surface area contributed by atoms with Crippen LogP contribution in [0.3, 0.4) is 0 Å². The molecule has 3 aliphatic rings. The first kappa shape index (κ1) is 16.6. The molecule has 1 aromatic rings. The minimum atomic E-state index is -0.625. The van der Waals surface area contributed by atoms with Crippen LogP contribution in [0.1, 0.15) is 18.1 Å². The van der Waals surface area contributed by atoms with Gasteiger partial charge in [-0.25, -0.2) is 8.78 Å². The van der Waals surface area contributed by atoms with Crippen molar-refractivity contribution in [1.29, 1.82) is 0 Å². The summed E-state index contributed by atoms with van der Waals surface area (Å²) < 4.78 is 33.3. The van der Waals surface area contributed by atoms with Crippen molar-refractivity contribution < 1.29 is 18.3 Å². The number of carbonyl (C=O) groups excluding carboxylic acids is 1. The zero-order chi connectivity index (χ0) is 17.6. The second-order valence-electron chi connectivity index (χ2n) is 7.10. The minimum Gasteiger partial charge on any atom is -0.370 e. The number of nitrogens with two attached hydrogens (primary N) is 1. The predicted molar refractivity (Wildman–Crippen MR) is 87.7 cm³/mol. The summed E-state index contributed by atoms with van der Waals surface area (Å²) >= 11 is 0. The van der Waals surface area contributed by atoms with E-state index in [1.165, 1.54) is 17.2 Å². The summed E-state index contributed by atoms with van der Waals surface area (Å²) in [6, 6.07) is 3.13. The maximum atomic E-state index is 14.0. The second kappa shape index (κ2) is 6.48. The molecular weight excluding hydrogens is 328 g/mol. The van der Waals surface area contributed by atoms with Crippen LogP contribution in [0, 0.1) is 11.6 Å². The Morgan fingerprint density at radius 1 is 1.16 bits per heavy atom. The minimum absolute atomic E-state index is 0.151. The molecule has 7 heteroatoms. The number of ether oxygens (including phenoxy) is 1. The monoisotopic (exact) mass is 349 g/mol. The Kier molecular flexibility index (Phi) is 4.31. The standard InChI is InChI=1S/C18H21F2N3O2/c19-13-1-2-16(20)15(3-13)18-17(21)4-14(9-25-18)23-7-11-5-22(10-24)6-12(11)8-23/h1-3,10,14,17-18H,4-9,21H2/t14-,17+,18-/m1/s1. The highest BCUT2D eigenvalue weighted by atomic mass is 19.1. The van der Waals surface area contributed by atoms with Gasteiger partial charge in [-0.1, -0.05) is 0 Å². The van der Waals surface area contributed by atoms with Crippen molar-refractivity contribution in [2.45, 2.75) is 24.6 Å². The van der Waals surface area contributed by atoms with Gasteiger partial charge in [-0.3, -0.25) is 9.69 Å². The predicted octanol–water partition coefficient (Wildman–Crippen LogP) is 1.21. The number of hydrogen-bond acceptors (Lipinski definition) is 4. The third-order valence-corrected chi connectivity index (χ3v) is 5.41. The second-order valence-corrected chi connectivity index (χ2v) is 7.10. The largest absolute Gasteiger partial charge is 0.370 e. The lowest BCUT2D eigenvalue weighted by Gasteiger charge is -2.39. The zero-order valence-corrected chi connectivity index (χ0v) is 13.8. The highest BCUT2D eigenvalue weighted by molar-refractivity contribution is 5.52. The van der Waals surface area contributed by atoms with E-state index in [2.05, 4.69) is 4.90 Å². The average molecular weight is 349 g/mol. The van der Waals surface area contributed by atoms with Gasteiger partial charge in [-0.05, 0) is 35.8 Å². The summed E-state index contributed by atoms with van der Waals surface area (Å²) in [5.41, 5.74) is 9.04. The van der Waals surface area contributed by atoms with Gasteiger partial charge in [-0.15, -0.1) is 0 Å². The van der Waals surface area contributed by atoms with E-state index in [0.29, 0.717) is 26.1 Å². The van der Waals surface area contributed by atoms with Gasteiger partial charge in [0.25, 0.3) is 0 Å². The number of nitrogens with zero attached hydrogens (tertiary/aromatic N) is 2. The molecule has 25 heavy (non-hydrogen) atoms. The van der Waals surface area contributed by atoms with Crippen LogP contribution in [-0.4, -0.2) is 61.1 Å². The summed E-state index contributed by atoms with van der Waals surface area (Å²) in [5, 5.41) is 0. The Morgan fingerprint density at radius 3 is 2.52 bits per heavy atom. The van der Waals surface area contributed by atoms with E-state index in [9.17, 15) is 13.6 Å². The third kappa shape index (κ3) is 3.07. The van der Waals surface area contributed by atoms with Crippen LogP contribution < -0.4 is 5.73 Å². The highest BCUT2D eigenvalue weighted by Gasteiger charge is 2.38. The lowest BCUT2D eigenvalue weighted by molar-refractivity contribution is -0.117. The number of halogens is 2. The van der Waals surface area contributed by atoms with Gasteiger partial charge in [0.2, 0.25) is 6.41 Å². The molecule has 1 amide bonds. The van der Waals surface area contributed by atoms with Crippen molar-refractivity contribution in [3.05, 3.63) is 46.5 Å². The molecule has 1 fully saturated rings. The smallest absolute Gasteiger partial charge is 0.210 e. The van der Waals surface area contributed by atoms with Crippen molar-refractivity contribution in [2.75, 3.05) is 32.8 Å². The lowest BCUT2D eigenvalue weighted by atomic mass is 9.93. The topological polar surface area (TPSA) is 58.8 Å². The Morgan fingerprint density at radius 2 is 1.88 bits per heavy atom. The SMILES string of the molecule is N[C@H]1C[C@@H](N2CC3=C(CN(C=O)C3)C2)CO[C@@H]1c1cc(F)ccc1F. The molecule has 0 bridgehead atoms. The van der Waals surface area contributed by atoms with Gasteiger partial charge in [0.1, 0.15) is 17.7 Å². The van der Waals surface area contributed by atoms with Gasteiger partial charge in [0.05, 0.1) is 6.61 Å². The zero-order valence-electron chi connectivity index (χ0n) is 13.8. The van der Waals surface area contributed by atoms with Gasteiger partial charge in [0.15, 0.2) is 0 Å². The first-order valence-electron chi connectivity index (χ1n) is 8.50. The Balaban J connectivity index is 1.40. The van der Waals surface area contributed by atoms with Crippen LogP contribution >= 0.6 is 0 Å². The van der Waals surface area contributed by atoms with Crippen molar-refractivity contribution in [3.8, 4) is 0 Å². The molecule has 3 heterocycles. The van der Waals surface area contributed by atoms with Crippen LogP contribution in [0.15, 0.2) is 29.3 Å². The van der Waals surface area contributed by atoms with Crippen LogP contribution in [0.25, 0.3) is 0 Å². The van der Waals surface area contributed by atoms with Crippen molar-refractivity contribution in [2.24, 2.45) is 5.73 Å². The quantitative estimate of drug-likeness (QED) is 0.658. The maximum absolute atomic E-state index is 14.0. The lowest BCUT2D eigenvalue weighted by Crippen LogP contribution is -2.49. The number of benzene rings is 1. The molecule has 0 saturated carbocycles. The van der Waals surface area contributed by atoms with E-state index in [0.717, 1.165) is 31.6 Å². The Labute approximate surface area is 145 Å². The van der Waals surface area contributed by atoms with E-state index in [4.69, 9.17) is 10.5 Å². The van der Waals surface area contributed by atoms with E-state index in [1.54, 1.807) is 4.90 Å². The Hall–Kier alpha value is -1.83. The van der Waals surface area contributed by atoms with Crippen LogP contribution in [-0.2, 0) is 9.53 Å². The number of amides is 1. The molecule has 134 valence electrons.